The number of carbonyl (C=O) groups excluding carboxylic acids is 1. The molecule has 1 rings (SSSR count). The van der Waals surface area contributed by atoms with Gasteiger partial charge in [0.2, 0.25) is 0 Å². The van der Waals surface area contributed by atoms with E-state index in [1.54, 1.807) is 13.0 Å². The summed E-state index contributed by atoms with van der Waals surface area (Å²) in [6.07, 6.45) is 0.471. The van der Waals surface area contributed by atoms with Crippen LogP contribution in [-0.2, 0) is 11.2 Å². The smallest absolute Gasteiger partial charge is 0.348 e. The summed E-state index contributed by atoms with van der Waals surface area (Å²) in [6, 6.07) is 3.57. The summed E-state index contributed by atoms with van der Waals surface area (Å²) < 4.78 is 4.87. The highest BCUT2D eigenvalue weighted by molar-refractivity contribution is 7.13. The van der Waals surface area contributed by atoms with Gasteiger partial charge in [-0.05, 0) is 31.9 Å². The second-order valence-electron chi connectivity index (χ2n) is 3.36. The molecule has 0 amide bonds. The second kappa shape index (κ2) is 6.62. The minimum atomic E-state index is -0.687. The summed E-state index contributed by atoms with van der Waals surface area (Å²) in [5.74, 6) is -0.304. The lowest BCUT2D eigenvalue weighted by Crippen LogP contribution is -2.12. The van der Waals surface area contributed by atoms with Gasteiger partial charge in [-0.15, -0.1) is 11.3 Å². The lowest BCUT2D eigenvalue weighted by Gasteiger charge is -2.04. The quantitative estimate of drug-likeness (QED) is 0.738. The van der Waals surface area contributed by atoms with E-state index in [-0.39, 0.29) is 12.6 Å². The third kappa shape index (κ3) is 3.92. The molecule has 1 aromatic rings. The topological polar surface area (TPSA) is 66.8 Å². The fourth-order valence-corrected chi connectivity index (χ4v) is 2.14. The third-order valence-corrected chi connectivity index (χ3v) is 3.20. The van der Waals surface area contributed by atoms with Crippen LogP contribution < -0.4 is 0 Å². The molecule has 0 saturated heterocycles. The summed E-state index contributed by atoms with van der Waals surface area (Å²) in [7, 11) is 0. The van der Waals surface area contributed by atoms with E-state index in [9.17, 15) is 9.90 Å². The number of hydrogen-bond donors (Lipinski definition) is 2. The summed E-state index contributed by atoms with van der Waals surface area (Å²) in [6.45, 7) is 1.91. The van der Waals surface area contributed by atoms with Crippen LogP contribution in [0.3, 0.4) is 0 Å². The van der Waals surface area contributed by atoms with E-state index in [1.165, 1.54) is 11.3 Å². The SMILES string of the molecule is CCOC(=O)c1ccc(CC[C@H](O)CO)s1. The van der Waals surface area contributed by atoms with Crippen LogP contribution in [0.4, 0.5) is 0 Å². The molecule has 1 atom stereocenters. The van der Waals surface area contributed by atoms with Crippen molar-refractivity contribution >= 4 is 17.3 Å². The molecule has 2 N–H and O–H groups in total. The van der Waals surface area contributed by atoms with E-state index in [2.05, 4.69) is 0 Å². The fourth-order valence-electron chi connectivity index (χ4n) is 1.22. The minimum absolute atomic E-state index is 0.226. The van der Waals surface area contributed by atoms with Crippen molar-refractivity contribution in [1.82, 2.24) is 0 Å². The van der Waals surface area contributed by atoms with Crippen molar-refractivity contribution < 1.29 is 19.7 Å². The molecule has 16 heavy (non-hydrogen) atoms. The average Bonchev–Trinajstić information content (AvgIpc) is 2.75. The van der Waals surface area contributed by atoms with Gasteiger partial charge in [-0.3, -0.25) is 0 Å². The average molecular weight is 244 g/mol. The van der Waals surface area contributed by atoms with Gasteiger partial charge < -0.3 is 14.9 Å². The molecular weight excluding hydrogens is 228 g/mol. The first-order valence-electron chi connectivity index (χ1n) is 5.22. The summed E-state index contributed by atoms with van der Waals surface area (Å²) in [5.41, 5.74) is 0. The summed E-state index contributed by atoms with van der Waals surface area (Å²) >= 11 is 1.37. The van der Waals surface area contributed by atoms with Crippen molar-refractivity contribution in [2.24, 2.45) is 0 Å². The molecule has 0 bridgehead atoms. The van der Waals surface area contributed by atoms with E-state index in [0.29, 0.717) is 24.3 Å². The first-order valence-corrected chi connectivity index (χ1v) is 6.03. The number of rotatable bonds is 6. The molecule has 0 aliphatic carbocycles. The molecule has 1 heterocycles. The van der Waals surface area contributed by atoms with Crippen molar-refractivity contribution in [1.29, 1.82) is 0 Å². The Bertz CT molecular complexity index is 334. The van der Waals surface area contributed by atoms with Crippen LogP contribution in [-0.4, -0.2) is 35.5 Å². The zero-order valence-electron chi connectivity index (χ0n) is 9.18. The Kier molecular flexibility index (Phi) is 5.45. The predicted molar refractivity (Wildman–Crippen MR) is 61.7 cm³/mol. The molecule has 1 aromatic heterocycles. The molecule has 0 aliphatic rings. The Balaban J connectivity index is 2.48. The Labute approximate surface area is 98.5 Å². The fraction of sp³-hybridized carbons (Fsp3) is 0.545. The van der Waals surface area contributed by atoms with E-state index >= 15 is 0 Å². The van der Waals surface area contributed by atoms with Gasteiger partial charge >= 0.3 is 5.97 Å². The highest BCUT2D eigenvalue weighted by atomic mass is 32.1. The highest BCUT2D eigenvalue weighted by Gasteiger charge is 2.10. The van der Waals surface area contributed by atoms with Gasteiger partial charge in [0.15, 0.2) is 0 Å². The van der Waals surface area contributed by atoms with E-state index in [4.69, 9.17) is 9.84 Å². The van der Waals surface area contributed by atoms with Crippen LogP contribution in [0, 0.1) is 0 Å². The molecule has 0 saturated carbocycles. The maximum Gasteiger partial charge on any atom is 0.348 e. The van der Waals surface area contributed by atoms with Gasteiger partial charge in [0.1, 0.15) is 4.88 Å². The number of thiophene rings is 1. The number of hydrogen-bond acceptors (Lipinski definition) is 5. The molecular formula is C11H16O4S. The molecule has 0 aliphatic heterocycles. The summed E-state index contributed by atoms with van der Waals surface area (Å²) in [4.78, 5) is 12.9. The van der Waals surface area contributed by atoms with E-state index < -0.39 is 6.10 Å². The lowest BCUT2D eigenvalue weighted by molar-refractivity contribution is 0.0532. The monoisotopic (exact) mass is 244 g/mol. The van der Waals surface area contributed by atoms with Gasteiger partial charge in [-0.25, -0.2) is 4.79 Å². The van der Waals surface area contributed by atoms with Crippen LogP contribution in [0.5, 0.6) is 0 Å². The molecule has 5 heteroatoms. The van der Waals surface area contributed by atoms with Crippen LogP contribution in [0.2, 0.25) is 0 Å². The molecule has 0 aromatic carbocycles. The van der Waals surface area contributed by atoms with Crippen molar-refractivity contribution in [2.75, 3.05) is 13.2 Å². The van der Waals surface area contributed by atoms with Gasteiger partial charge in [0, 0.05) is 4.88 Å². The van der Waals surface area contributed by atoms with Crippen LogP contribution in [0.15, 0.2) is 12.1 Å². The molecule has 90 valence electrons. The Morgan fingerprint density at radius 3 is 2.94 bits per heavy atom. The number of aliphatic hydroxyl groups excluding tert-OH is 2. The van der Waals surface area contributed by atoms with Crippen molar-refractivity contribution in [2.45, 2.75) is 25.9 Å². The summed E-state index contributed by atoms with van der Waals surface area (Å²) in [5, 5.41) is 17.8. The van der Waals surface area contributed by atoms with Gasteiger partial charge in [0.25, 0.3) is 0 Å². The zero-order chi connectivity index (χ0) is 12.0. The van der Waals surface area contributed by atoms with E-state index in [1.807, 2.05) is 6.07 Å². The lowest BCUT2D eigenvalue weighted by atomic mass is 10.2. The maximum atomic E-state index is 11.4. The van der Waals surface area contributed by atoms with Gasteiger partial charge in [-0.2, -0.15) is 0 Å². The molecule has 0 fully saturated rings. The molecule has 0 spiro atoms. The first-order chi connectivity index (χ1) is 7.67. The zero-order valence-corrected chi connectivity index (χ0v) is 10.00. The van der Waals surface area contributed by atoms with Crippen LogP contribution in [0.1, 0.15) is 27.9 Å². The Morgan fingerprint density at radius 1 is 1.56 bits per heavy atom. The highest BCUT2D eigenvalue weighted by Crippen LogP contribution is 2.19. The van der Waals surface area contributed by atoms with E-state index in [0.717, 1.165) is 4.88 Å². The number of aryl methyl sites for hydroxylation is 1. The predicted octanol–water partition coefficient (Wildman–Crippen LogP) is 1.21. The number of aliphatic hydroxyl groups is 2. The Morgan fingerprint density at radius 2 is 2.31 bits per heavy atom. The van der Waals surface area contributed by atoms with Crippen molar-refractivity contribution in [3.05, 3.63) is 21.9 Å². The molecule has 0 radical (unpaired) electrons. The van der Waals surface area contributed by atoms with Crippen molar-refractivity contribution in [3.63, 3.8) is 0 Å². The maximum absolute atomic E-state index is 11.4. The number of carbonyl (C=O) groups is 1. The van der Waals surface area contributed by atoms with Gasteiger partial charge in [-0.1, -0.05) is 0 Å². The van der Waals surface area contributed by atoms with Crippen LogP contribution in [0.25, 0.3) is 0 Å². The normalized spacial score (nSPS) is 12.4. The number of ether oxygens (including phenoxy) is 1. The minimum Gasteiger partial charge on any atom is -0.462 e. The molecule has 4 nitrogen and oxygen atoms in total. The second-order valence-corrected chi connectivity index (χ2v) is 4.53. The molecule has 0 unspecified atom stereocenters. The van der Waals surface area contributed by atoms with Crippen LogP contribution >= 0.6 is 11.3 Å². The first kappa shape index (κ1) is 13.2. The van der Waals surface area contributed by atoms with Gasteiger partial charge in [0.05, 0.1) is 19.3 Å². The third-order valence-electron chi connectivity index (χ3n) is 2.07. The Hall–Kier alpha value is -0.910. The number of esters is 1. The van der Waals surface area contributed by atoms with Crippen molar-refractivity contribution in [3.8, 4) is 0 Å². The largest absolute Gasteiger partial charge is 0.462 e. The standard InChI is InChI=1S/C11H16O4S/c1-2-15-11(14)10-6-5-9(16-10)4-3-8(13)7-12/h5-6,8,12-13H,2-4,7H2,1H3/t8-/m0/s1.